The van der Waals surface area contributed by atoms with Gasteiger partial charge < -0.3 is 0 Å². The number of hydrogen-bond acceptors (Lipinski definition) is 5. The molecule has 0 N–H and O–H groups in total. The maximum Gasteiger partial charge on any atom is 0.179 e. The van der Waals surface area contributed by atoms with Gasteiger partial charge in [0.05, 0.1) is 0 Å². The SMILES string of the molecule is Clc1nss/c1=N/c1ccccn1. The van der Waals surface area contributed by atoms with Gasteiger partial charge >= 0.3 is 0 Å². The zero-order chi connectivity index (χ0) is 9.10. The first-order chi connectivity index (χ1) is 6.36. The number of aromatic nitrogens is 2. The van der Waals surface area contributed by atoms with Crippen molar-refractivity contribution in [3.8, 4) is 0 Å². The van der Waals surface area contributed by atoms with Crippen molar-refractivity contribution in [2.24, 2.45) is 4.99 Å². The molecule has 0 unspecified atom stereocenters. The predicted molar refractivity (Wildman–Crippen MR) is 54.5 cm³/mol. The molecule has 0 saturated heterocycles. The Balaban J connectivity index is 2.48. The molecular weight excluding hydrogens is 226 g/mol. The van der Waals surface area contributed by atoms with E-state index >= 15 is 0 Å². The molecule has 2 rings (SSSR count). The summed E-state index contributed by atoms with van der Waals surface area (Å²) in [4.78, 5) is 8.28. The summed E-state index contributed by atoms with van der Waals surface area (Å²) in [6.45, 7) is 0. The van der Waals surface area contributed by atoms with Crippen molar-refractivity contribution in [3.63, 3.8) is 0 Å². The van der Waals surface area contributed by atoms with Crippen molar-refractivity contribution in [3.05, 3.63) is 34.2 Å². The minimum atomic E-state index is 0.445. The van der Waals surface area contributed by atoms with Gasteiger partial charge in [0.2, 0.25) is 0 Å². The number of halogens is 1. The summed E-state index contributed by atoms with van der Waals surface area (Å²) >= 11 is 5.78. The summed E-state index contributed by atoms with van der Waals surface area (Å²) in [5.41, 5.74) is 0. The molecular formula is C7H4ClN3S2. The zero-order valence-corrected chi connectivity index (χ0v) is 8.73. The highest BCUT2D eigenvalue weighted by atomic mass is 35.5. The van der Waals surface area contributed by atoms with Crippen molar-refractivity contribution >= 4 is 38.3 Å². The van der Waals surface area contributed by atoms with E-state index < -0.39 is 0 Å². The van der Waals surface area contributed by atoms with Gasteiger partial charge in [-0.15, -0.1) is 0 Å². The van der Waals surface area contributed by atoms with Gasteiger partial charge in [-0.1, -0.05) is 17.7 Å². The van der Waals surface area contributed by atoms with Crippen LogP contribution in [-0.4, -0.2) is 9.36 Å². The lowest BCUT2D eigenvalue weighted by Gasteiger charge is -1.87. The summed E-state index contributed by atoms with van der Waals surface area (Å²) in [6.07, 6.45) is 1.69. The molecule has 0 aliphatic rings. The molecule has 0 bridgehead atoms. The lowest BCUT2D eigenvalue weighted by molar-refractivity contribution is 1.23. The van der Waals surface area contributed by atoms with Crippen LogP contribution < -0.4 is 4.67 Å². The molecule has 66 valence electrons. The van der Waals surface area contributed by atoms with Gasteiger partial charge in [-0.2, -0.15) is 4.37 Å². The molecule has 2 aromatic heterocycles. The fraction of sp³-hybridized carbons (Fsp3) is 0. The third-order valence-electron chi connectivity index (χ3n) is 1.28. The molecule has 0 saturated carbocycles. The summed E-state index contributed by atoms with van der Waals surface area (Å²) in [5.74, 6) is 0.654. The van der Waals surface area contributed by atoms with Gasteiger partial charge in [0.1, 0.15) is 0 Å². The Morgan fingerprint density at radius 3 is 2.92 bits per heavy atom. The van der Waals surface area contributed by atoms with Gasteiger partial charge in [0.25, 0.3) is 0 Å². The molecule has 3 nitrogen and oxygen atoms in total. The average Bonchev–Trinajstić information content (AvgIpc) is 2.54. The molecule has 2 aromatic rings. The Morgan fingerprint density at radius 1 is 1.38 bits per heavy atom. The van der Waals surface area contributed by atoms with Gasteiger partial charge in [-0.3, -0.25) is 0 Å². The van der Waals surface area contributed by atoms with Gasteiger partial charge in [-0.05, 0) is 22.5 Å². The predicted octanol–water partition coefficient (Wildman–Crippen LogP) is 2.49. The second kappa shape index (κ2) is 3.95. The Bertz CT molecular complexity index is 448. The van der Waals surface area contributed by atoms with Crippen LogP contribution in [0.25, 0.3) is 0 Å². The van der Waals surface area contributed by atoms with E-state index in [2.05, 4.69) is 14.3 Å². The van der Waals surface area contributed by atoms with Gasteiger partial charge in [0.15, 0.2) is 15.6 Å². The topological polar surface area (TPSA) is 38.1 Å². The van der Waals surface area contributed by atoms with Crippen LogP contribution in [0.4, 0.5) is 5.82 Å². The van der Waals surface area contributed by atoms with E-state index in [0.29, 0.717) is 15.6 Å². The first-order valence-electron chi connectivity index (χ1n) is 3.43. The average molecular weight is 230 g/mol. The van der Waals surface area contributed by atoms with Crippen molar-refractivity contribution < 1.29 is 0 Å². The monoisotopic (exact) mass is 229 g/mol. The number of rotatable bonds is 1. The van der Waals surface area contributed by atoms with E-state index in [1.807, 2.05) is 18.2 Å². The minimum Gasteiger partial charge on any atom is -0.237 e. The van der Waals surface area contributed by atoms with Crippen LogP contribution in [-0.2, 0) is 0 Å². The summed E-state index contributed by atoms with van der Waals surface area (Å²) < 4.78 is 4.63. The Morgan fingerprint density at radius 2 is 2.31 bits per heavy atom. The van der Waals surface area contributed by atoms with Crippen molar-refractivity contribution in [2.75, 3.05) is 0 Å². The van der Waals surface area contributed by atoms with Crippen molar-refractivity contribution in [2.45, 2.75) is 0 Å². The molecule has 0 radical (unpaired) electrons. The van der Waals surface area contributed by atoms with Crippen LogP contribution in [0.3, 0.4) is 0 Å². The summed E-state index contributed by atoms with van der Waals surface area (Å²) in [5, 5.41) is 0.445. The highest BCUT2D eigenvalue weighted by molar-refractivity contribution is 7.66. The minimum absolute atomic E-state index is 0.445. The van der Waals surface area contributed by atoms with E-state index in [-0.39, 0.29) is 0 Å². The fourth-order valence-corrected chi connectivity index (χ4v) is 2.73. The number of pyridine rings is 1. The number of nitrogens with zero attached hydrogens (tertiary/aromatic N) is 3. The Hall–Kier alpha value is -0.780. The molecule has 0 amide bonds. The lowest BCUT2D eigenvalue weighted by atomic mass is 10.5. The van der Waals surface area contributed by atoms with E-state index in [1.54, 1.807) is 6.20 Å². The first kappa shape index (κ1) is 8.80. The molecule has 13 heavy (non-hydrogen) atoms. The number of hydrogen-bond donors (Lipinski definition) is 0. The quantitative estimate of drug-likeness (QED) is 0.705. The van der Waals surface area contributed by atoms with Gasteiger partial charge in [0, 0.05) is 16.7 Å². The van der Waals surface area contributed by atoms with Crippen LogP contribution in [0.15, 0.2) is 29.4 Å². The van der Waals surface area contributed by atoms with Crippen molar-refractivity contribution in [1.29, 1.82) is 0 Å². The lowest BCUT2D eigenvalue weighted by Crippen LogP contribution is -1.92. The van der Waals surface area contributed by atoms with Crippen LogP contribution in [0.5, 0.6) is 0 Å². The van der Waals surface area contributed by atoms with E-state index in [0.717, 1.165) is 0 Å². The Kier molecular flexibility index (Phi) is 2.68. The van der Waals surface area contributed by atoms with Crippen molar-refractivity contribution in [1.82, 2.24) is 9.36 Å². The first-order valence-corrected chi connectivity index (χ1v) is 5.92. The van der Waals surface area contributed by atoms with Crippen LogP contribution in [0.2, 0.25) is 5.15 Å². The standard InChI is InChI=1S/C7H4ClN3S2/c8-6-7(12-13-11-6)10-5-3-1-2-4-9-5/h1-4H/b10-7+. The molecule has 0 aliphatic heterocycles. The van der Waals surface area contributed by atoms with Crippen LogP contribution in [0.1, 0.15) is 0 Å². The fourth-order valence-electron chi connectivity index (χ4n) is 0.749. The molecule has 0 spiro atoms. The molecule has 2 heterocycles. The summed E-state index contributed by atoms with van der Waals surface area (Å²) in [6, 6.07) is 5.54. The second-order valence-corrected chi connectivity index (χ2v) is 4.34. The van der Waals surface area contributed by atoms with Crippen LogP contribution in [0, 0.1) is 0 Å². The summed E-state index contributed by atoms with van der Waals surface area (Å²) in [7, 11) is 2.76. The van der Waals surface area contributed by atoms with E-state index in [9.17, 15) is 0 Å². The highest BCUT2D eigenvalue weighted by Gasteiger charge is 1.96. The van der Waals surface area contributed by atoms with Crippen LogP contribution >= 0.6 is 32.5 Å². The smallest absolute Gasteiger partial charge is 0.179 e. The Labute approximate surface area is 86.9 Å². The molecule has 0 aliphatic carbocycles. The third kappa shape index (κ3) is 2.12. The largest absolute Gasteiger partial charge is 0.237 e. The second-order valence-electron chi connectivity index (χ2n) is 2.14. The molecule has 0 fully saturated rings. The van der Waals surface area contributed by atoms with Gasteiger partial charge in [-0.25, -0.2) is 9.98 Å². The highest BCUT2D eigenvalue weighted by Crippen LogP contribution is 2.09. The molecule has 0 aromatic carbocycles. The zero-order valence-electron chi connectivity index (χ0n) is 6.35. The normalized spacial score (nSPS) is 11.9. The third-order valence-corrected chi connectivity index (χ3v) is 3.45. The maximum absolute atomic E-state index is 5.78. The van der Waals surface area contributed by atoms with E-state index in [1.165, 1.54) is 20.9 Å². The molecule has 6 heteroatoms. The molecule has 0 atom stereocenters. The van der Waals surface area contributed by atoms with E-state index in [4.69, 9.17) is 11.6 Å². The maximum atomic E-state index is 5.78.